The van der Waals surface area contributed by atoms with Crippen molar-refractivity contribution in [3.05, 3.63) is 82.7 Å². The quantitative estimate of drug-likeness (QED) is 0.704. The van der Waals surface area contributed by atoms with Crippen molar-refractivity contribution in [1.82, 2.24) is 9.78 Å². The van der Waals surface area contributed by atoms with Gasteiger partial charge in [-0.3, -0.25) is 9.48 Å². The molecule has 1 amide bonds. The predicted octanol–water partition coefficient (Wildman–Crippen LogP) is 4.57. The smallest absolute Gasteiger partial charge is 0.228 e. The predicted molar refractivity (Wildman–Crippen MR) is 103 cm³/mol. The highest BCUT2D eigenvalue weighted by atomic mass is 19.1. The summed E-state index contributed by atoms with van der Waals surface area (Å²) in [7, 11) is 0. The summed E-state index contributed by atoms with van der Waals surface area (Å²) < 4.78 is 28.9. The Labute approximate surface area is 162 Å². The maximum Gasteiger partial charge on any atom is 0.228 e. The Bertz CT molecular complexity index is 1040. The van der Waals surface area contributed by atoms with Crippen molar-refractivity contribution in [2.45, 2.75) is 32.7 Å². The summed E-state index contributed by atoms with van der Waals surface area (Å²) in [6.07, 6.45) is 0.569. The molecular weight excluding hydrogens is 360 g/mol. The Balaban J connectivity index is 1.42. The summed E-state index contributed by atoms with van der Waals surface area (Å²) in [6, 6.07) is 13.2. The molecule has 0 saturated heterocycles. The maximum atomic E-state index is 13.9. The normalized spacial score (nSPS) is 18.1. The molecule has 28 heavy (non-hydrogen) atoms. The van der Waals surface area contributed by atoms with Gasteiger partial charge in [-0.15, -0.1) is 0 Å². The number of rotatable bonds is 5. The van der Waals surface area contributed by atoms with Crippen molar-refractivity contribution >= 4 is 11.6 Å². The number of amides is 1. The first kappa shape index (κ1) is 18.3. The number of carbonyl (C=O) groups is 1. The number of aromatic nitrogens is 2. The summed E-state index contributed by atoms with van der Waals surface area (Å²) in [5, 5.41) is 7.37. The van der Waals surface area contributed by atoms with Crippen LogP contribution in [0.4, 0.5) is 14.5 Å². The molecule has 1 heterocycles. The molecule has 1 N–H and O–H groups in total. The van der Waals surface area contributed by atoms with Gasteiger partial charge in [-0.2, -0.15) is 5.10 Å². The first-order valence-corrected chi connectivity index (χ1v) is 9.26. The molecule has 0 spiro atoms. The van der Waals surface area contributed by atoms with Crippen molar-refractivity contribution in [3.63, 3.8) is 0 Å². The average molecular weight is 381 g/mol. The molecule has 2 aromatic carbocycles. The largest absolute Gasteiger partial charge is 0.326 e. The summed E-state index contributed by atoms with van der Waals surface area (Å²) in [4.78, 5) is 12.5. The zero-order chi connectivity index (χ0) is 19.8. The fourth-order valence-corrected chi connectivity index (χ4v) is 3.62. The molecule has 144 valence electrons. The number of halogens is 2. The summed E-state index contributed by atoms with van der Waals surface area (Å²) in [5.74, 6) is -1.83. The first-order valence-electron chi connectivity index (χ1n) is 9.26. The molecule has 6 heteroatoms. The Morgan fingerprint density at radius 1 is 1.18 bits per heavy atom. The van der Waals surface area contributed by atoms with Crippen LogP contribution in [0.25, 0.3) is 0 Å². The topological polar surface area (TPSA) is 46.9 Å². The fourth-order valence-electron chi connectivity index (χ4n) is 3.62. The standard InChI is InChI=1S/C22H21F2N3O/c1-13-8-14(2)27(26-13)12-15-4-3-5-17(9-15)25-22(28)20-11-19(20)18-7-6-16(23)10-21(18)24/h3-10,19-20H,11-12H2,1-2H3,(H,25,28). The molecule has 2 atom stereocenters. The highest BCUT2D eigenvalue weighted by molar-refractivity contribution is 5.95. The van der Waals surface area contributed by atoms with E-state index in [4.69, 9.17) is 0 Å². The number of carbonyl (C=O) groups excluding carboxylic acids is 1. The second-order valence-electron chi connectivity index (χ2n) is 7.39. The van der Waals surface area contributed by atoms with E-state index in [0.717, 1.165) is 23.0 Å². The van der Waals surface area contributed by atoms with E-state index in [-0.39, 0.29) is 17.7 Å². The van der Waals surface area contributed by atoms with Gasteiger partial charge in [0.2, 0.25) is 5.91 Å². The number of nitrogens with zero attached hydrogens (tertiary/aromatic N) is 2. The fraction of sp³-hybridized carbons (Fsp3) is 0.273. The van der Waals surface area contributed by atoms with Crippen molar-refractivity contribution in [2.75, 3.05) is 5.32 Å². The van der Waals surface area contributed by atoms with Crippen LogP contribution in [0, 0.1) is 31.4 Å². The van der Waals surface area contributed by atoms with Crippen LogP contribution in [0.5, 0.6) is 0 Å². The lowest BCUT2D eigenvalue weighted by molar-refractivity contribution is -0.117. The Morgan fingerprint density at radius 2 is 2.00 bits per heavy atom. The number of hydrogen-bond acceptors (Lipinski definition) is 2. The van der Waals surface area contributed by atoms with Crippen molar-refractivity contribution < 1.29 is 13.6 Å². The minimum absolute atomic E-state index is 0.142. The molecule has 1 aliphatic carbocycles. The van der Waals surface area contributed by atoms with Gasteiger partial charge in [0.15, 0.2) is 0 Å². The van der Waals surface area contributed by atoms with Crippen LogP contribution in [-0.4, -0.2) is 15.7 Å². The molecular formula is C22H21F2N3O. The van der Waals surface area contributed by atoms with Gasteiger partial charge in [0.1, 0.15) is 11.6 Å². The highest BCUT2D eigenvalue weighted by Crippen LogP contribution is 2.48. The SMILES string of the molecule is Cc1cc(C)n(Cc2cccc(NC(=O)C3CC3c3ccc(F)cc3F)c2)n1. The molecule has 4 nitrogen and oxygen atoms in total. The number of benzene rings is 2. The van der Waals surface area contributed by atoms with Crippen LogP contribution in [-0.2, 0) is 11.3 Å². The van der Waals surface area contributed by atoms with E-state index in [0.29, 0.717) is 24.2 Å². The number of hydrogen-bond donors (Lipinski definition) is 1. The number of anilines is 1. The van der Waals surface area contributed by atoms with E-state index in [9.17, 15) is 13.6 Å². The van der Waals surface area contributed by atoms with Crippen molar-refractivity contribution in [3.8, 4) is 0 Å². The third-order valence-corrected chi connectivity index (χ3v) is 5.12. The molecule has 3 aromatic rings. The van der Waals surface area contributed by atoms with E-state index < -0.39 is 11.6 Å². The van der Waals surface area contributed by atoms with Gasteiger partial charge in [-0.25, -0.2) is 8.78 Å². The first-order chi connectivity index (χ1) is 13.4. The van der Waals surface area contributed by atoms with Crippen LogP contribution < -0.4 is 5.32 Å². The van der Waals surface area contributed by atoms with Gasteiger partial charge in [0.25, 0.3) is 0 Å². The van der Waals surface area contributed by atoms with Gasteiger partial charge in [-0.1, -0.05) is 18.2 Å². The van der Waals surface area contributed by atoms with Gasteiger partial charge >= 0.3 is 0 Å². The molecule has 0 radical (unpaired) electrons. The Kier molecular flexibility index (Phi) is 4.71. The summed E-state index contributed by atoms with van der Waals surface area (Å²) in [5.41, 5.74) is 4.18. The van der Waals surface area contributed by atoms with Crippen LogP contribution in [0.2, 0.25) is 0 Å². The van der Waals surface area contributed by atoms with Crippen LogP contribution in [0.15, 0.2) is 48.5 Å². The van der Waals surface area contributed by atoms with E-state index in [1.54, 1.807) is 0 Å². The summed E-state index contributed by atoms with van der Waals surface area (Å²) in [6.45, 7) is 4.58. The number of nitrogens with one attached hydrogen (secondary N) is 1. The minimum Gasteiger partial charge on any atom is -0.326 e. The third-order valence-electron chi connectivity index (χ3n) is 5.12. The third kappa shape index (κ3) is 3.81. The zero-order valence-corrected chi connectivity index (χ0v) is 15.7. The number of aryl methyl sites for hydroxylation is 2. The van der Waals surface area contributed by atoms with Crippen molar-refractivity contribution in [2.24, 2.45) is 5.92 Å². The average Bonchev–Trinajstić information content (AvgIpc) is 3.35. The van der Waals surface area contributed by atoms with Gasteiger partial charge in [0, 0.05) is 23.4 Å². The Hall–Kier alpha value is -3.02. The lowest BCUT2D eigenvalue weighted by Gasteiger charge is -2.09. The molecule has 2 unspecified atom stereocenters. The molecule has 0 aliphatic heterocycles. The van der Waals surface area contributed by atoms with Crippen molar-refractivity contribution in [1.29, 1.82) is 0 Å². The van der Waals surface area contributed by atoms with Gasteiger partial charge in [0.05, 0.1) is 12.2 Å². The van der Waals surface area contributed by atoms with E-state index in [1.807, 2.05) is 48.9 Å². The second kappa shape index (κ2) is 7.19. The lowest BCUT2D eigenvalue weighted by Crippen LogP contribution is -2.15. The summed E-state index contributed by atoms with van der Waals surface area (Å²) >= 11 is 0. The molecule has 0 bridgehead atoms. The monoisotopic (exact) mass is 381 g/mol. The van der Waals surface area contributed by atoms with E-state index in [1.165, 1.54) is 12.1 Å². The van der Waals surface area contributed by atoms with Crippen LogP contribution >= 0.6 is 0 Å². The van der Waals surface area contributed by atoms with Gasteiger partial charge in [-0.05, 0) is 61.6 Å². The molecule has 1 saturated carbocycles. The molecule has 4 rings (SSSR count). The van der Waals surface area contributed by atoms with Gasteiger partial charge < -0.3 is 5.32 Å². The molecule has 1 aliphatic rings. The zero-order valence-electron chi connectivity index (χ0n) is 15.7. The highest BCUT2D eigenvalue weighted by Gasteiger charge is 2.45. The lowest BCUT2D eigenvalue weighted by atomic mass is 10.1. The Morgan fingerprint density at radius 3 is 2.71 bits per heavy atom. The molecule has 1 fully saturated rings. The van der Waals surface area contributed by atoms with Crippen LogP contribution in [0.1, 0.15) is 34.9 Å². The van der Waals surface area contributed by atoms with E-state index in [2.05, 4.69) is 10.4 Å². The minimum atomic E-state index is -0.609. The van der Waals surface area contributed by atoms with Crippen LogP contribution in [0.3, 0.4) is 0 Å². The maximum absolute atomic E-state index is 13.9. The second-order valence-corrected chi connectivity index (χ2v) is 7.39. The van der Waals surface area contributed by atoms with E-state index >= 15 is 0 Å². The molecule has 1 aromatic heterocycles.